The summed E-state index contributed by atoms with van der Waals surface area (Å²) in [4.78, 5) is 24.4. The number of fused-ring (bicyclic) bond motifs is 3. The number of amides is 1. The Bertz CT molecular complexity index is 923. The van der Waals surface area contributed by atoms with Crippen LogP contribution >= 0.6 is 34.9 Å². The van der Waals surface area contributed by atoms with Gasteiger partial charge in [0, 0.05) is 35.1 Å². The van der Waals surface area contributed by atoms with Crippen molar-refractivity contribution in [2.24, 2.45) is 0 Å². The number of thioether (sulfide) groups is 2. The fourth-order valence-corrected chi connectivity index (χ4v) is 6.56. The molecule has 6 nitrogen and oxygen atoms in total. The highest BCUT2D eigenvalue weighted by atomic mass is 32.2. The number of carbonyl (C=O) groups excluding carboxylic acids is 1. The van der Waals surface area contributed by atoms with Crippen molar-refractivity contribution in [2.75, 3.05) is 18.9 Å². The van der Waals surface area contributed by atoms with Crippen LogP contribution < -0.4 is 5.32 Å². The predicted octanol–water partition coefficient (Wildman–Crippen LogP) is 4.43. The summed E-state index contributed by atoms with van der Waals surface area (Å²) in [6, 6.07) is 0. The van der Waals surface area contributed by atoms with Crippen molar-refractivity contribution in [1.82, 2.24) is 15.3 Å². The first-order valence-corrected chi connectivity index (χ1v) is 13.1. The van der Waals surface area contributed by atoms with Gasteiger partial charge in [0.1, 0.15) is 9.86 Å². The standard InChI is InChI=1S/C21H29N3O3S3/c1-12(2)29-20-23-18(28-11-16(25)22-9-13-6-5-7-26-13)17-14-8-21(3,4)27-10-15(14)30-19(17)24-20/h12-13H,5-11H2,1-4H3,(H,22,25)/t13-/m0/s1. The Kier molecular flexibility index (Phi) is 6.94. The quantitative estimate of drug-likeness (QED) is 0.367. The molecule has 2 aromatic rings. The van der Waals surface area contributed by atoms with Crippen molar-refractivity contribution in [1.29, 1.82) is 0 Å². The third-order valence-electron chi connectivity index (χ3n) is 5.11. The molecule has 0 aromatic carbocycles. The molecule has 1 atom stereocenters. The van der Waals surface area contributed by atoms with E-state index in [2.05, 4.69) is 33.0 Å². The van der Waals surface area contributed by atoms with Crippen molar-refractivity contribution in [2.45, 2.75) is 80.7 Å². The first-order chi connectivity index (χ1) is 14.3. The molecule has 0 bridgehead atoms. The number of carbonyl (C=O) groups is 1. The Balaban J connectivity index is 1.56. The van der Waals surface area contributed by atoms with Gasteiger partial charge in [0.25, 0.3) is 0 Å². The lowest BCUT2D eigenvalue weighted by Crippen LogP contribution is -2.33. The molecule has 1 fully saturated rings. The minimum atomic E-state index is -0.201. The van der Waals surface area contributed by atoms with Crippen LogP contribution in [0.15, 0.2) is 10.2 Å². The average molecular weight is 468 g/mol. The van der Waals surface area contributed by atoms with E-state index < -0.39 is 0 Å². The maximum Gasteiger partial charge on any atom is 0.230 e. The van der Waals surface area contributed by atoms with E-state index in [4.69, 9.17) is 19.4 Å². The van der Waals surface area contributed by atoms with E-state index in [-0.39, 0.29) is 17.6 Å². The molecule has 9 heteroatoms. The molecule has 4 rings (SSSR count). The van der Waals surface area contributed by atoms with Gasteiger partial charge in [-0.3, -0.25) is 4.79 Å². The third-order valence-corrected chi connectivity index (χ3v) is 8.05. The maximum absolute atomic E-state index is 12.4. The molecule has 1 saturated heterocycles. The second-order valence-corrected chi connectivity index (χ2v) is 12.2. The molecule has 30 heavy (non-hydrogen) atoms. The first-order valence-electron chi connectivity index (χ1n) is 10.4. The minimum absolute atomic E-state index is 0.0214. The number of ether oxygens (including phenoxy) is 2. The number of hydrogen-bond donors (Lipinski definition) is 1. The summed E-state index contributed by atoms with van der Waals surface area (Å²) >= 11 is 4.86. The zero-order valence-electron chi connectivity index (χ0n) is 17.9. The van der Waals surface area contributed by atoms with E-state index in [1.807, 2.05) is 0 Å². The summed E-state index contributed by atoms with van der Waals surface area (Å²) in [5, 5.41) is 6.20. The molecular weight excluding hydrogens is 438 g/mol. The summed E-state index contributed by atoms with van der Waals surface area (Å²) in [6.45, 7) is 10.5. The summed E-state index contributed by atoms with van der Waals surface area (Å²) in [6.07, 6.45) is 3.09. The lowest BCUT2D eigenvalue weighted by atomic mass is 9.95. The Morgan fingerprint density at radius 2 is 2.20 bits per heavy atom. The number of rotatable bonds is 7. The summed E-state index contributed by atoms with van der Waals surface area (Å²) in [5.74, 6) is 0.364. The van der Waals surface area contributed by atoms with Gasteiger partial charge in [-0.05, 0) is 32.3 Å². The van der Waals surface area contributed by atoms with Gasteiger partial charge in [-0.1, -0.05) is 37.4 Å². The second-order valence-electron chi connectivity index (χ2n) is 8.61. The van der Waals surface area contributed by atoms with E-state index in [0.717, 1.165) is 46.3 Å². The average Bonchev–Trinajstić information content (AvgIpc) is 3.30. The molecule has 0 aliphatic carbocycles. The SMILES string of the molecule is CC(C)Sc1nc(SCC(=O)NC[C@@H]2CCCO2)c2c3c(sc2n1)COC(C)(C)C3. The van der Waals surface area contributed by atoms with Crippen LogP contribution in [-0.2, 0) is 27.3 Å². The van der Waals surface area contributed by atoms with E-state index in [9.17, 15) is 4.79 Å². The molecule has 4 heterocycles. The van der Waals surface area contributed by atoms with E-state index in [0.29, 0.717) is 24.2 Å². The molecule has 1 N–H and O–H groups in total. The van der Waals surface area contributed by atoms with Crippen LogP contribution in [-0.4, -0.2) is 51.7 Å². The van der Waals surface area contributed by atoms with Crippen LogP contribution in [0.1, 0.15) is 51.0 Å². The van der Waals surface area contributed by atoms with Crippen LogP contribution in [0.25, 0.3) is 10.2 Å². The van der Waals surface area contributed by atoms with Crippen LogP contribution in [0.2, 0.25) is 0 Å². The minimum Gasteiger partial charge on any atom is -0.376 e. The third kappa shape index (κ3) is 5.30. The highest BCUT2D eigenvalue weighted by Crippen LogP contribution is 2.42. The zero-order valence-corrected chi connectivity index (χ0v) is 20.4. The predicted molar refractivity (Wildman–Crippen MR) is 124 cm³/mol. The van der Waals surface area contributed by atoms with Gasteiger partial charge in [0.15, 0.2) is 5.16 Å². The monoisotopic (exact) mass is 467 g/mol. The number of nitrogens with zero attached hydrogens (tertiary/aromatic N) is 2. The van der Waals surface area contributed by atoms with Crippen molar-refractivity contribution in [3.63, 3.8) is 0 Å². The second kappa shape index (κ2) is 9.32. The van der Waals surface area contributed by atoms with Crippen LogP contribution in [0, 0.1) is 0 Å². The Morgan fingerprint density at radius 3 is 2.93 bits per heavy atom. The Morgan fingerprint density at radius 1 is 1.37 bits per heavy atom. The molecule has 2 aliphatic rings. The molecule has 0 spiro atoms. The number of nitrogens with one attached hydrogen (secondary N) is 1. The highest BCUT2D eigenvalue weighted by Gasteiger charge is 2.31. The van der Waals surface area contributed by atoms with E-state index >= 15 is 0 Å². The van der Waals surface area contributed by atoms with Gasteiger partial charge in [-0.15, -0.1) is 11.3 Å². The van der Waals surface area contributed by atoms with Gasteiger partial charge in [-0.2, -0.15) is 0 Å². The number of aromatic nitrogens is 2. The van der Waals surface area contributed by atoms with Crippen molar-refractivity contribution >= 4 is 51.0 Å². The number of thiophene rings is 1. The van der Waals surface area contributed by atoms with Crippen LogP contribution in [0.5, 0.6) is 0 Å². The van der Waals surface area contributed by atoms with Crippen molar-refractivity contribution in [3.8, 4) is 0 Å². The molecule has 164 valence electrons. The molecule has 0 saturated carbocycles. The van der Waals surface area contributed by atoms with Gasteiger partial charge >= 0.3 is 0 Å². The molecule has 0 unspecified atom stereocenters. The van der Waals surface area contributed by atoms with Crippen LogP contribution in [0.4, 0.5) is 0 Å². The van der Waals surface area contributed by atoms with E-state index in [1.165, 1.54) is 22.2 Å². The molecular formula is C21H29N3O3S3. The van der Waals surface area contributed by atoms with Gasteiger partial charge in [-0.25, -0.2) is 9.97 Å². The molecule has 2 aromatic heterocycles. The maximum atomic E-state index is 12.4. The van der Waals surface area contributed by atoms with Crippen molar-refractivity contribution in [3.05, 3.63) is 10.4 Å². The van der Waals surface area contributed by atoms with Gasteiger partial charge < -0.3 is 14.8 Å². The summed E-state index contributed by atoms with van der Waals surface area (Å²) in [5.41, 5.74) is 1.09. The zero-order chi connectivity index (χ0) is 21.3. The van der Waals surface area contributed by atoms with Gasteiger partial charge in [0.05, 0.1) is 24.1 Å². The smallest absolute Gasteiger partial charge is 0.230 e. The lowest BCUT2D eigenvalue weighted by Gasteiger charge is -2.30. The highest BCUT2D eigenvalue weighted by molar-refractivity contribution is 8.00. The fraction of sp³-hybridized carbons (Fsp3) is 0.667. The van der Waals surface area contributed by atoms with Gasteiger partial charge in [0.2, 0.25) is 5.91 Å². The topological polar surface area (TPSA) is 73.3 Å². The molecule has 0 radical (unpaired) electrons. The van der Waals surface area contributed by atoms with E-state index in [1.54, 1.807) is 23.1 Å². The summed E-state index contributed by atoms with van der Waals surface area (Å²) in [7, 11) is 0. The first kappa shape index (κ1) is 22.3. The lowest BCUT2D eigenvalue weighted by molar-refractivity contribution is -0.119. The fourth-order valence-electron chi connectivity index (χ4n) is 3.68. The Labute approximate surface area is 190 Å². The van der Waals surface area contributed by atoms with Crippen molar-refractivity contribution < 1.29 is 14.3 Å². The molecule has 1 amide bonds. The Hall–Kier alpha value is -0.870. The van der Waals surface area contributed by atoms with Crippen LogP contribution in [0.3, 0.4) is 0 Å². The summed E-state index contributed by atoms with van der Waals surface area (Å²) < 4.78 is 11.6. The largest absolute Gasteiger partial charge is 0.376 e. The molecule has 2 aliphatic heterocycles. The number of hydrogen-bond acceptors (Lipinski definition) is 8. The normalized spacial score (nSPS) is 20.6.